The van der Waals surface area contributed by atoms with E-state index in [-0.39, 0.29) is 40.0 Å². The molecule has 0 aromatic carbocycles. The molecule has 0 N–H and O–H groups in total. The van der Waals surface area contributed by atoms with Crippen LogP contribution in [0.1, 0.15) is 32.6 Å². The molecule has 0 heterocycles. The molecule has 0 rings (SSSR count). The summed E-state index contributed by atoms with van der Waals surface area (Å²) < 4.78 is 0. The van der Waals surface area contributed by atoms with Crippen LogP contribution in [0.3, 0.4) is 0 Å². The van der Waals surface area contributed by atoms with Gasteiger partial charge in [0.05, 0.1) is 0 Å². The second-order valence-corrected chi connectivity index (χ2v) is 1.81. The fourth-order valence-electron chi connectivity index (χ4n) is 0.552. The van der Waals surface area contributed by atoms with E-state index in [0.29, 0.717) is 0 Å². The van der Waals surface area contributed by atoms with Crippen LogP contribution in [0.4, 0.5) is 0 Å². The molecule has 0 aliphatic heterocycles. The van der Waals surface area contributed by atoms with Gasteiger partial charge in [-0.3, -0.25) is 5.92 Å². The Kier molecular flexibility index (Phi) is 27.7. The molecule has 0 aromatic heterocycles. The zero-order valence-electron chi connectivity index (χ0n) is 6.62. The first-order valence-corrected chi connectivity index (χ1v) is 3.16. The minimum absolute atomic E-state index is 0. The quantitative estimate of drug-likeness (QED) is 0.245. The Morgan fingerprint density at radius 3 is 2.30 bits per heavy atom. The molecule has 0 saturated carbocycles. The maximum absolute atomic E-state index is 3.42. The van der Waals surface area contributed by atoms with E-state index in [2.05, 4.69) is 25.7 Å². The van der Waals surface area contributed by atoms with Crippen molar-refractivity contribution in [1.82, 2.24) is 0 Å². The van der Waals surface area contributed by atoms with Crippen LogP contribution >= 0.6 is 0 Å². The second kappa shape index (κ2) is 16.3. The summed E-state index contributed by atoms with van der Waals surface area (Å²) in [6.45, 7) is 5.61. The second-order valence-electron chi connectivity index (χ2n) is 1.81. The molecule has 0 aliphatic rings. The van der Waals surface area contributed by atoms with Gasteiger partial charge in [-0.25, -0.2) is 0 Å². The third-order valence-corrected chi connectivity index (χ3v) is 1.03. The van der Waals surface area contributed by atoms with Crippen molar-refractivity contribution < 1.29 is 17.0 Å². The van der Waals surface area contributed by atoms with Crippen molar-refractivity contribution in [2.24, 2.45) is 0 Å². The fraction of sp³-hybridized carbons (Fsp3) is 0.625. The number of hydrogen-bond donors (Lipinski definition) is 0. The standard InChI is InChI=1S/C8H13.BrH.Mg/c1-3-5-7-8-6-4-2;;/h1,4,6-8H2,2H3;1H;/q-1;;+2/p-1. The van der Waals surface area contributed by atoms with Crippen molar-refractivity contribution in [2.75, 3.05) is 0 Å². The van der Waals surface area contributed by atoms with Gasteiger partial charge in [0.15, 0.2) is 0 Å². The van der Waals surface area contributed by atoms with Gasteiger partial charge in [0, 0.05) is 0 Å². The molecule has 0 bridgehead atoms. The van der Waals surface area contributed by atoms with Crippen molar-refractivity contribution in [3.63, 3.8) is 0 Å². The van der Waals surface area contributed by atoms with E-state index in [9.17, 15) is 0 Å². The molecular formula is C8H13BrMg. The van der Waals surface area contributed by atoms with Crippen LogP contribution in [0.25, 0.3) is 0 Å². The number of unbranched alkanes of at least 4 members (excludes halogenated alkanes) is 3. The van der Waals surface area contributed by atoms with Crippen LogP contribution in [0.5, 0.6) is 0 Å². The van der Waals surface area contributed by atoms with Crippen LogP contribution in [-0.4, -0.2) is 23.1 Å². The zero-order chi connectivity index (χ0) is 6.24. The SMILES string of the molecule is [Br-].[CH2-]C#CCCCCC.[Mg+2]. The predicted molar refractivity (Wildman–Crippen MR) is 43.0 cm³/mol. The summed E-state index contributed by atoms with van der Waals surface area (Å²) in [7, 11) is 0. The maximum atomic E-state index is 3.42. The minimum Gasteiger partial charge on any atom is -1.00 e. The molecule has 0 radical (unpaired) electrons. The first kappa shape index (κ1) is 17.0. The molecule has 54 valence electrons. The Morgan fingerprint density at radius 2 is 1.90 bits per heavy atom. The summed E-state index contributed by atoms with van der Waals surface area (Å²) in [5, 5.41) is 0. The van der Waals surface area contributed by atoms with E-state index in [1.807, 2.05) is 0 Å². The van der Waals surface area contributed by atoms with Crippen LogP contribution in [0.15, 0.2) is 0 Å². The van der Waals surface area contributed by atoms with E-state index in [1.54, 1.807) is 0 Å². The largest absolute Gasteiger partial charge is 2.00 e. The summed E-state index contributed by atoms with van der Waals surface area (Å²) in [6.07, 6.45) is 4.84. The summed E-state index contributed by atoms with van der Waals surface area (Å²) in [5.41, 5.74) is 0. The molecule has 2 heteroatoms. The zero-order valence-corrected chi connectivity index (χ0v) is 9.62. The molecule has 0 spiro atoms. The number of rotatable bonds is 3. The average molecular weight is 213 g/mol. The van der Waals surface area contributed by atoms with Gasteiger partial charge in [-0.1, -0.05) is 32.6 Å². The van der Waals surface area contributed by atoms with Gasteiger partial charge in [-0.2, -0.15) is 6.92 Å². The molecule has 0 unspecified atom stereocenters. The van der Waals surface area contributed by atoms with Gasteiger partial charge in [0.2, 0.25) is 0 Å². The molecule has 0 atom stereocenters. The van der Waals surface area contributed by atoms with Crippen molar-refractivity contribution in [1.29, 1.82) is 0 Å². The Hall–Kier alpha value is 0.676. The normalized spacial score (nSPS) is 6.10. The van der Waals surface area contributed by atoms with Crippen molar-refractivity contribution in [3.8, 4) is 11.8 Å². The fourth-order valence-corrected chi connectivity index (χ4v) is 0.552. The van der Waals surface area contributed by atoms with Crippen LogP contribution in [0.2, 0.25) is 0 Å². The summed E-state index contributed by atoms with van der Waals surface area (Å²) in [5.74, 6) is 5.55. The number of hydrogen-bond acceptors (Lipinski definition) is 0. The minimum atomic E-state index is 0. The predicted octanol–water partition coefficient (Wildman–Crippen LogP) is -0.973. The maximum Gasteiger partial charge on any atom is 2.00 e. The van der Waals surface area contributed by atoms with E-state index >= 15 is 0 Å². The summed E-state index contributed by atoms with van der Waals surface area (Å²) >= 11 is 0. The molecule has 0 fully saturated rings. The summed E-state index contributed by atoms with van der Waals surface area (Å²) in [4.78, 5) is 0. The van der Waals surface area contributed by atoms with Gasteiger partial charge in [-0.15, -0.1) is 0 Å². The van der Waals surface area contributed by atoms with Crippen LogP contribution < -0.4 is 17.0 Å². The van der Waals surface area contributed by atoms with E-state index in [0.717, 1.165) is 6.42 Å². The average Bonchev–Trinajstić information content (AvgIpc) is 1.81. The van der Waals surface area contributed by atoms with E-state index in [4.69, 9.17) is 0 Å². The molecule has 0 saturated heterocycles. The van der Waals surface area contributed by atoms with Gasteiger partial charge in [0.25, 0.3) is 0 Å². The Bertz CT molecular complexity index is 91.2. The molecular weight excluding hydrogens is 200 g/mol. The molecule has 0 amide bonds. The van der Waals surface area contributed by atoms with Crippen molar-refractivity contribution >= 4 is 23.1 Å². The van der Waals surface area contributed by atoms with Gasteiger partial charge in [0.1, 0.15) is 0 Å². The Labute approximate surface area is 91.1 Å². The topological polar surface area (TPSA) is 0 Å². The van der Waals surface area contributed by atoms with Crippen molar-refractivity contribution in [3.05, 3.63) is 6.92 Å². The Morgan fingerprint density at radius 1 is 1.30 bits per heavy atom. The monoisotopic (exact) mass is 212 g/mol. The van der Waals surface area contributed by atoms with Gasteiger partial charge >= 0.3 is 23.1 Å². The first-order valence-electron chi connectivity index (χ1n) is 3.16. The molecule has 0 aliphatic carbocycles. The van der Waals surface area contributed by atoms with E-state index in [1.165, 1.54) is 19.3 Å². The van der Waals surface area contributed by atoms with Gasteiger partial charge < -0.3 is 22.9 Å². The Balaban J connectivity index is -0.000000245. The summed E-state index contributed by atoms with van der Waals surface area (Å²) in [6, 6.07) is 0. The van der Waals surface area contributed by atoms with Crippen LogP contribution in [-0.2, 0) is 0 Å². The smallest absolute Gasteiger partial charge is 1.00 e. The molecule has 0 aromatic rings. The van der Waals surface area contributed by atoms with E-state index < -0.39 is 0 Å². The first-order chi connectivity index (χ1) is 3.91. The van der Waals surface area contributed by atoms with Gasteiger partial charge in [-0.05, 0) is 0 Å². The molecule has 0 nitrogen and oxygen atoms in total. The molecule has 10 heavy (non-hydrogen) atoms. The van der Waals surface area contributed by atoms with Crippen LogP contribution in [0, 0.1) is 18.8 Å². The number of halogens is 1. The van der Waals surface area contributed by atoms with Crippen molar-refractivity contribution in [2.45, 2.75) is 32.6 Å². The third-order valence-electron chi connectivity index (χ3n) is 1.03. The third kappa shape index (κ3) is 15.9.